The van der Waals surface area contributed by atoms with Crippen LogP contribution in [0.3, 0.4) is 0 Å². The van der Waals surface area contributed by atoms with Gasteiger partial charge in [-0.1, -0.05) is 66.9 Å². The Hall–Kier alpha value is -2.95. The molecule has 4 aliphatic rings. The predicted molar refractivity (Wildman–Crippen MR) is 179 cm³/mol. The van der Waals surface area contributed by atoms with Crippen LogP contribution in [0.2, 0.25) is 11.3 Å². The summed E-state index contributed by atoms with van der Waals surface area (Å²) in [6, 6.07) is 15.1. The number of benzene rings is 2. The Morgan fingerprint density at radius 2 is 1.83 bits per heavy atom. The first-order valence-electron chi connectivity index (χ1n) is 16.7. The van der Waals surface area contributed by atoms with Crippen LogP contribution in [-0.2, 0) is 20.8 Å². The van der Waals surface area contributed by atoms with Crippen LogP contribution >= 0.6 is 11.6 Å². The number of likely N-dealkylation sites (tertiary alicyclic amines) is 2. The highest BCUT2D eigenvalue weighted by atomic mass is 35.5. The van der Waals surface area contributed by atoms with E-state index in [-0.39, 0.29) is 42.5 Å². The van der Waals surface area contributed by atoms with Crippen molar-refractivity contribution in [2.45, 2.75) is 76.9 Å². The fourth-order valence-electron chi connectivity index (χ4n) is 8.23. The quantitative estimate of drug-likeness (QED) is 0.179. The molecule has 46 heavy (non-hydrogen) atoms. The number of carbonyl (C=O) groups is 2. The maximum absolute atomic E-state index is 14.1. The number of piperidine rings is 1. The number of halogens is 1. The Balaban J connectivity index is 1.17. The zero-order chi connectivity index (χ0) is 32.4. The molecule has 4 atom stereocenters. The van der Waals surface area contributed by atoms with Crippen molar-refractivity contribution in [1.82, 2.24) is 9.80 Å². The van der Waals surface area contributed by atoms with Gasteiger partial charge in [0.1, 0.15) is 5.75 Å². The van der Waals surface area contributed by atoms with Gasteiger partial charge in [-0.25, -0.2) is 0 Å². The molecule has 0 saturated carbocycles. The van der Waals surface area contributed by atoms with Crippen LogP contribution < -0.4 is 0 Å². The first kappa shape index (κ1) is 33.0. The summed E-state index contributed by atoms with van der Waals surface area (Å²) in [5.74, 6) is -1.54. The third-order valence-electron chi connectivity index (χ3n) is 10.3. The van der Waals surface area contributed by atoms with E-state index in [1.807, 2.05) is 24.3 Å². The van der Waals surface area contributed by atoms with Crippen LogP contribution in [0.15, 0.2) is 65.3 Å². The molecule has 3 N–H and O–H groups in total. The van der Waals surface area contributed by atoms with E-state index in [1.165, 1.54) is 11.6 Å². The molecule has 6 rings (SSSR count). The van der Waals surface area contributed by atoms with Gasteiger partial charge in [-0.15, -0.1) is 0 Å². The highest BCUT2D eigenvalue weighted by molar-refractivity contribution is 6.43. The van der Waals surface area contributed by atoms with Crippen LogP contribution in [0.1, 0.15) is 63.0 Å². The predicted octanol–water partition coefficient (Wildman–Crippen LogP) is 5.46. The molecular formula is C36H44BClN2O6. The number of rotatable bonds is 10. The molecule has 3 aliphatic heterocycles. The highest BCUT2D eigenvalue weighted by Gasteiger charge is 2.58. The lowest BCUT2D eigenvalue weighted by Gasteiger charge is -2.43. The molecule has 2 amide bonds. The van der Waals surface area contributed by atoms with Gasteiger partial charge in [-0.3, -0.25) is 19.4 Å². The van der Waals surface area contributed by atoms with E-state index < -0.39 is 25.1 Å². The molecule has 0 unspecified atom stereocenters. The number of hydrogen-bond acceptors (Lipinski definition) is 7. The van der Waals surface area contributed by atoms with E-state index in [2.05, 4.69) is 24.0 Å². The van der Waals surface area contributed by atoms with E-state index >= 15 is 0 Å². The van der Waals surface area contributed by atoms with Gasteiger partial charge in [0.2, 0.25) is 11.8 Å². The second-order valence-electron chi connectivity index (χ2n) is 13.3. The minimum atomic E-state index is -1.05. The number of phenolic OH excluding ortho intramolecular Hbond substituents is 1. The number of amides is 2. The average molecular weight is 647 g/mol. The van der Waals surface area contributed by atoms with Crippen LogP contribution in [0.4, 0.5) is 0 Å². The van der Waals surface area contributed by atoms with Gasteiger partial charge in [0.05, 0.1) is 29.6 Å². The topological polar surface area (TPSA) is 111 Å². The van der Waals surface area contributed by atoms with E-state index in [0.717, 1.165) is 67.6 Å². The van der Waals surface area contributed by atoms with Crippen molar-refractivity contribution in [2.24, 2.45) is 17.8 Å². The first-order valence-corrected chi connectivity index (χ1v) is 17.1. The molecule has 0 spiro atoms. The molecule has 2 aromatic carbocycles. The molecule has 3 fully saturated rings. The molecule has 0 radical (unpaired) electrons. The Labute approximate surface area is 276 Å². The summed E-state index contributed by atoms with van der Waals surface area (Å²) in [6.07, 6.45) is 6.66. The van der Waals surface area contributed by atoms with Crippen molar-refractivity contribution in [2.75, 3.05) is 19.7 Å². The molecule has 0 aromatic heterocycles. The molecule has 10 heteroatoms. The molecule has 0 bridgehead atoms. The number of hydrogen-bond donors (Lipinski definition) is 3. The van der Waals surface area contributed by atoms with E-state index in [4.69, 9.17) is 16.3 Å². The maximum atomic E-state index is 14.1. The summed E-state index contributed by atoms with van der Waals surface area (Å²) >= 11 is 6.39. The Bertz CT molecular complexity index is 1490. The summed E-state index contributed by atoms with van der Waals surface area (Å²) in [5.41, 5.74) is 4.90. The largest absolute Gasteiger partial charge is 0.508 e. The molecule has 2 aromatic rings. The van der Waals surface area contributed by atoms with E-state index in [0.29, 0.717) is 24.3 Å². The Morgan fingerprint density at radius 3 is 2.52 bits per heavy atom. The molecule has 244 valence electrons. The molecule has 3 saturated heterocycles. The van der Waals surface area contributed by atoms with Crippen LogP contribution in [0.25, 0.3) is 6.08 Å². The fourth-order valence-corrected chi connectivity index (χ4v) is 8.46. The molecule has 8 nitrogen and oxygen atoms in total. The number of allylic oxidation sites excluding steroid dienone is 1. The average Bonchev–Trinajstić information content (AvgIpc) is 3.30. The normalized spacial score (nSPS) is 26.1. The van der Waals surface area contributed by atoms with Gasteiger partial charge in [0, 0.05) is 25.7 Å². The second-order valence-corrected chi connectivity index (χ2v) is 13.7. The van der Waals surface area contributed by atoms with Crippen LogP contribution in [0, 0.1) is 17.8 Å². The van der Waals surface area contributed by atoms with Gasteiger partial charge in [0.25, 0.3) is 0 Å². The van der Waals surface area contributed by atoms with Gasteiger partial charge < -0.3 is 19.9 Å². The lowest BCUT2D eigenvalue weighted by Crippen LogP contribution is -2.48. The lowest BCUT2D eigenvalue weighted by molar-refractivity contribution is -0.144. The van der Waals surface area contributed by atoms with Crippen molar-refractivity contribution >= 4 is 36.6 Å². The number of phenols is 1. The highest BCUT2D eigenvalue weighted by Crippen LogP contribution is 2.51. The van der Waals surface area contributed by atoms with Gasteiger partial charge >= 0.3 is 7.12 Å². The molecule has 1 aliphatic carbocycles. The van der Waals surface area contributed by atoms with Crippen molar-refractivity contribution in [3.05, 3.63) is 81.4 Å². The fraction of sp³-hybridized carbons (Fsp3) is 0.500. The van der Waals surface area contributed by atoms with Gasteiger partial charge in [-0.2, -0.15) is 0 Å². The summed E-state index contributed by atoms with van der Waals surface area (Å²) in [6.45, 7) is 4.40. The number of imide groups is 1. The summed E-state index contributed by atoms with van der Waals surface area (Å²) in [4.78, 5) is 32.0. The smallest absolute Gasteiger partial charge is 0.455 e. The number of aliphatic hydroxyl groups is 1. The number of carbonyl (C=O) groups excluding carboxylic acids is 2. The van der Waals surface area contributed by atoms with Crippen LogP contribution in [-0.4, -0.2) is 75.8 Å². The summed E-state index contributed by atoms with van der Waals surface area (Å²) < 4.78 is 6.11. The minimum absolute atomic E-state index is 0.112. The number of fused-ring (bicyclic) bond motifs is 3. The van der Waals surface area contributed by atoms with Crippen molar-refractivity contribution in [1.29, 1.82) is 0 Å². The zero-order valence-corrected chi connectivity index (χ0v) is 27.2. The Kier molecular flexibility index (Phi) is 10.4. The van der Waals surface area contributed by atoms with Crippen LogP contribution in [0.5, 0.6) is 5.75 Å². The maximum Gasteiger partial charge on any atom is 0.455 e. The van der Waals surface area contributed by atoms with Crippen molar-refractivity contribution in [3.63, 3.8) is 0 Å². The standard InChI is InChI=1S/C36H44BClN2O6/c1-2-6-23(17-25-10-11-28(42)19-31(25)38)9-12-32-33-26(22-41)18-29-34(30(33)20-37(45)46-32)36(44)40(35(29)43)27-13-15-39(16-14-27)21-24-7-4-3-5-8-24/h3-5,7-8,10-11,17,19,27,29-30,32,34,41-42,45H,2,6,9,12-16,18,20-22H2,1H3/b23-17+/t29-,30+,32-,34-/m1/s1. The SMILES string of the molecule is CCC/C(=C\c1ccc(O)cc1Cl)CC[C@H]1OB(O)C[C@H]2C1=C(CO)C[C@H]1C(=O)N(C3CCN(Cc4ccccc4)CC3)C(=O)[C@H]12. The Morgan fingerprint density at radius 1 is 1.07 bits per heavy atom. The van der Waals surface area contributed by atoms with E-state index in [1.54, 1.807) is 17.0 Å². The summed E-state index contributed by atoms with van der Waals surface area (Å²) in [7, 11) is -1.05. The third kappa shape index (κ3) is 6.85. The third-order valence-corrected chi connectivity index (χ3v) is 10.7. The first-order chi connectivity index (χ1) is 22.3. The number of aliphatic hydroxyl groups excluding tert-OH is 1. The van der Waals surface area contributed by atoms with E-state index in [9.17, 15) is 24.8 Å². The number of nitrogens with zero attached hydrogens (tertiary/aromatic N) is 2. The van der Waals surface area contributed by atoms with Crippen molar-refractivity contribution < 1.29 is 29.5 Å². The molecular weight excluding hydrogens is 603 g/mol. The minimum Gasteiger partial charge on any atom is -0.508 e. The van der Waals surface area contributed by atoms with Gasteiger partial charge in [0.15, 0.2) is 0 Å². The second kappa shape index (κ2) is 14.4. The summed E-state index contributed by atoms with van der Waals surface area (Å²) in [5, 5.41) is 31.7. The zero-order valence-electron chi connectivity index (χ0n) is 26.5. The van der Waals surface area contributed by atoms with Crippen molar-refractivity contribution in [3.8, 4) is 5.75 Å². The number of aromatic hydroxyl groups is 1. The van der Waals surface area contributed by atoms with Gasteiger partial charge in [-0.05, 0) is 91.2 Å². The molecule has 3 heterocycles. The monoisotopic (exact) mass is 646 g/mol. The lowest BCUT2D eigenvalue weighted by atomic mass is 9.58.